The van der Waals surface area contributed by atoms with Crippen LogP contribution in [0, 0.1) is 0 Å². The van der Waals surface area contributed by atoms with E-state index < -0.39 is 0 Å². The summed E-state index contributed by atoms with van der Waals surface area (Å²) in [6.07, 6.45) is 6.81. The molecule has 1 N–H and O–H groups in total. The summed E-state index contributed by atoms with van der Waals surface area (Å²) in [6, 6.07) is 0.814. The van der Waals surface area contributed by atoms with E-state index in [9.17, 15) is 0 Å². The number of thioether (sulfide) groups is 1. The van der Waals surface area contributed by atoms with Crippen molar-refractivity contribution in [1.82, 2.24) is 10.2 Å². The summed E-state index contributed by atoms with van der Waals surface area (Å²) in [5.74, 6) is 1.19. The Morgan fingerprint density at radius 1 is 1.39 bits per heavy atom. The predicted octanol–water partition coefficient (Wildman–Crippen LogP) is 2.72. The molecule has 0 unspecified atom stereocenters. The van der Waals surface area contributed by atoms with Crippen LogP contribution in [0.5, 0.6) is 0 Å². The zero-order valence-electron chi connectivity index (χ0n) is 12.0. The van der Waals surface area contributed by atoms with Gasteiger partial charge in [0.15, 0.2) is 5.17 Å². The highest BCUT2D eigenvalue weighted by Crippen LogP contribution is 2.23. The Morgan fingerprint density at radius 3 is 2.78 bits per heavy atom. The molecule has 1 heterocycles. The number of amidine groups is 1. The number of hydrogen-bond acceptors (Lipinski definition) is 3. The number of nitrogens with one attached hydrogen (secondary N) is 1. The Morgan fingerprint density at radius 2 is 2.11 bits per heavy atom. The van der Waals surface area contributed by atoms with Crippen LogP contribution in [0.3, 0.4) is 0 Å². The van der Waals surface area contributed by atoms with Crippen LogP contribution in [-0.2, 0) is 0 Å². The van der Waals surface area contributed by atoms with Gasteiger partial charge in [0.25, 0.3) is 0 Å². The van der Waals surface area contributed by atoms with Crippen molar-refractivity contribution in [1.29, 1.82) is 0 Å². The zero-order chi connectivity index (χ0) is 13.0. The number of likely N-dealkylation sites (N-methyl/N-ethyl adjacent to an activating group) is 1. The van der Waals surface area contributed by atoms with Crippen LogP contribution in [0.1, 0.15) is 46.0 Å². The smallest absolute Gasteiger partial charge is 0.157 e. The Labute approximate surface area is 116 Å². The van der Waals surface area contributed by atoms with Gasteiger partial charge in [-0.2, -0.15) is 0 Å². The summed E-state index contributed by atoms with van der Waals surface area (Å²) in [7, 11) is 2.25. The first kappa shape index (κ1) is 14.2. The van der Waals surface area contributed by atoms with E-state index in [0.29, 0.717) is 0 Å². The fourth-order valence-corrected chi connectivity index (χ4v) is 4.05. The monoisotopic (exact) mass is 269 g/mol. The second-order valence-electron chi connectivity index (χ2n) is 6.21. The van der Waals surface area contributed by atoms with Crippen molar-refractivity contribution in [2.45, 2.75) is 57.5 Å². The molecule has 1 aliphatic heterocycles. The van der Waals surface area contributed by atoms with Gasteiger partial charge in [-0.25, -0.2) is 0 Å². The molecule has 0 aromatic heterocycles. The topological polar surface area (TPSA) is 27.6 Å². The third-order valence-corrected chi connectivity index (χ3v) is 4.98. The van der Waals surface area contributed by atoms with Crippen LogP contribution in [-0.4, -0.2) is 47.5 Å². The number of nitrogens with zero attached hydrogens (tertiary/aromatic N) is 2. The molecule has 0 amide bonds. The average molecular weight is 269 g/mol. The van der Waals surface area contributed by atoms with Crippen LogP contribution >= 0.6 is 11.8 Å². The molecule has 3 nitrogen and oxygen atoms in total. The van der Waals surface area contributed by atoms with Crippen molar-refractivity contribution in [2.24, 2.45) is 4.99 Å². The van der Waals surface area contributed by atoms with E-state index in [1.807, 2.05) is 11.8 Å². The van der Waals surface area contributed by atoms with Crippen LogP contribution in [0.4, 0.5) is 0 Å². The number of rotatable bonds is 4. The second-order valence-corrected chi connectivity index (χ2v) is 7.30. The molecule has 2 aliphatic rings. The van der Waals surface area contributed by atoms with Gasteiger partial charge in [0.05, 0.1) is 6.54 Å². The molecule has 0 aromatic rings. The van der Waals surface area contributed by atoms with Gasteiger partial charge in [0.2, 0.25) is 0 Å². The Hall–Kier alpha value is -0.220. The summed E-state index contributed by atoms with van der Waals surface area (Å²) in [6.45, 7) is 6.54. The summed E-state index contributed by atoms with van der Waals surface area (Å²) < 4.78 is 0. The minimum atomic E-state index is 0.224. The van der Waals surface area contributed by atoms with Gasteiger partial charge >= 0.3 is 0 Å². The molecule has 4 heteroatoms. The third kappa shape index (κ3) is 4.16. The second kappa shape index (κ2) is 6.29. The highest BCUT2D eigenvalue weighted by molar-refractivity contribution is 8.13. The fourth-order valence-electron chi connectivity index (χ4n) is 2.71. The molecule has 104 valence electrons. The van der Waals surface area contributed by atoms with Crippen molar-refractivity contribution < 1.29 is 0 Å². The van der Waals surface area contributed by atoms with Gasteiger partial charge in [0.1, 0.15) is 0 Å². The lowest BCUT2D eigenvalue weighted by atomic mass is 10.0. The van der Waals surface area contributed by atoms with Crippen molar-refractivity contribution in [3.63, 3.8) is 0 Å². The highest BCUT2D eigenvalue weighted by atomic mass is 32.2. The Bertz CT molecular complexity index is 295. The van der Waals surface area contributed by atoms with Gasteiger partial charge in [0, 0.05) is 23.9 Å². The summed E-state index contributed by atoms with van der Waals surface area (Å²) >= 11 is 1.87. The molecule has 2 rings (SSSR count). The summed E-state index contributed by atoms with van der Waals surface area (Å²) in [5, 5.41) is 4.67. The largest absolute Gasteiger partial charge is 0.360 e. The van der Waals surface area contributed by atoms with E-state index in [1.165, 1.54) is 37.9 Å². The highest BCUT2D eigenvalue weighted by Gasteiger charge is 2.24. The van der Waals surface area contributed by atoms with Gasteiger partial charge in [-0.15, -0.1) is 0 Å². The Balaban J connectivity index is 1.73. The summed E-state index contributed by atoms with van der Waals surface area (Å²) in [5.41, 5.74) is 0.224. The van der Waals surface area contributed by atoms with E-state index in [0.717, 1.165) is 24.3 Å². The lowest BCUT2D eigenvalue weighted by Gasteiger charge is -2.32. The maximum Gasteiger partial charge on any atom is 0.157 e. The molecule has 0 aromatic carbocycles. The van der Waals surface area contributed by atoms with Gasteiger partial charge in [-0.05, 0) is 40.2 Å². The van der Waals surface area contributed by atoms with Crippen LogP contribution in [0.15, 0.2) is 4.99 Å². The molecule has 0 atom stereocenters. The van der Waals surface area contributed by atoms with Crippen molar-refractivity contribution >= 4 is 16.9 Å². The lowest BCUT2D eigenvalue weighted by Crippen LogP contribution is -2.46. The molecule has 1 aliphatic carbocycles. The van der Waals surface area contributed by atoms with Crippen molar-refractivity contribution in [3.8, 4) is 0 Å². The zero-order valence-corrected chi connectivity index (χ0v) is 12.9. The van der Waals surface area contributed by atoms with Crippen molar-refractivity contribution in [3.05, 3.63) is 0 Å². The quantitative estimate of drug-likeness (QED) is 0.850. The first-order chi connectivity index (χ1) is 8.57. The first-order valence-corrected chi connectivity index (χ1v) is 8.21. The third-order valence-electron chi connectivity index (χ3n) is 4.07. The maximum atomic E-state index is 4.72. The van der Waals surface area contributed by atoms with E-state index in [4.69, 9.17) is 4.99 Å². The standard InChI is InChI=1S/C14H27N3S/c1-14(2)8-11-18-13(16-14)15-9-10-17(3)12-6-4-5-7-12/h12H,4-11H2,1-3H3,(H,15,16). The fraction of sp³-hybridized carbons (Fsp3) is 0.929. The van der Waals surface area contributed by atoms with E-state index >= 15 is 0 Å². The van der Waals surface area contributed by atoms with Crippen LogP contribution in [0.2, 0.25) is 0 Å². The maximum absolute atomic E-state index is 4.72. The molecular formula is C14H27N3S. The van der Waals surface area contributed by atoms with E-state index in [2.05, 4.69) is 31.1 Å². The van der Waals surface area contributed by atoms with Crippen LogP contribution in [0.25, 0.3) is 0 Å². The average Bonchev–Trinajstić information content (AvgIpc) is 2.81. The molecular weight excluding hydrogens is 242 g/mol. The van der Waals surface area contributed by atoms with Crippen LogP contribution < -0.4 is 5.32 Å². The summed E-state index contributed by atoms with van der Waals surface area (Å²) in [4.78, 5) is 7.21. The SMILES string of the molecule is CN(CCN=C1NC(C)(C)CCS1)C1CCCC1. The normalized spacial score (nSPS) is 26.8. The molecule has 18 heavy (non-hydrogen) atoms. The molecule has 1 saturated heterocycles. The minimum Gasteiger partial charge on any atom is -0.360 e. The van der Waals surface area contributed by atoms with E-state index in [1.54, 1.807) is 0 Å². The first-order valence-electron chi connectivity index (χ1n) is 7.22. The van der Waals surface area contributed by atoms with Crippen molar-refractivity contribution in [2.75, 3.05) is 25.9 Å². The number of aliphatic imine (C=N–C) groups is 1. The molecule has 1 saturated carbocycles. The Kier molecular flexibility index (Phi) is 4.96. The molecule has 0 spiro atoms. The lowest BCUT2D eigenvalue weighted by molar-refractivity contribution is 0.252. The molecule has 0 radical (unpaired) electrons. The van der Waals surface area contributed by atoms with Gasteiger partial charge < -0.3 is 10.2 Å². The predicted molar refractivity (Wildman–Crippen MR) is 81.5 cm³/mol. The molecule has 2 fully saturated rings. The minimum absolute atomic E-state index is 0.224. The van der Waals surface area contributed by atoms with Gasteiger partial charge in [-0.1, -0.05) is 24.6 Å². The van der Waals surface area contributed by atoms with E-state index in [-0.39, 0.29) is 5.54 Å². The number of hydrogen-bond donors (Lipinski definition) is 1. The molecule has 0 bridgehead atoms. The van der Waals surface area contributed by atoms with Gasteiger partial charge in [-0.3, -0.25) is 4.99 Å².